The van der Waals surface area contributed by atoms with Crippen LogP contribution < -0.4 is 4.74 Å². The molecule has 0 fully saturated rings. The Morgan fingerprint density at radius 3 is 2.13 bits per heavy atom. The van der Waals surface area contributed by atoms with Gasteiger partial charge in [0.2, 0.25) is 0 Å². The van der Waals surface area contributed by atoms with Gasteiger partial charge in [-0.2, -0.15) is 0 Å². The first-order valence-electron chi connectivity index (χ1n) is 10.6. The highest BCUT2D eigenvalue weighted by atomic mass is 32.2. The average Bonchev–Trinajstić information content (AvgIpc) is 2.77. The van der Waals surface area contributed by atoms with Gasteiger partial charge in [-0.05, 0) is 52.8 Å². The molecule has 0 bridgehead atoms. The summed E-state index contributed by atoms with van der Waals surface area (Å²) in [5.41, 5.74) is 5.67. The normalized spacial score (nSPS) is 11.4. The van der Waals surface area contributed by atoms with E-state index >= 15 is 0 Å². The molecule has 1 aromatic heterocycles. The van der Waals surface area contributed by atoms with Crippen LogP contribution in [0, 0.1) is 5.82 Å². The highest BCUT2D eigenvalue weighted by molar-refractivity contribution is 7.98. The number of aliphatic hydroxyl groups is 1. The molecule has 0 amide bonds. The molecule has 3 nitrogen and oxygen atoms in total. The van der Waals surface area contributed by atoms with Gasteiger partial charge >= 0.3 is 0 Å². The summed E-state index contributed by atoms with van der Waals surface area (Å²) in [4.78, 5) is 6.07. The van der Waals surface area contributed by atoms with Crippen LogP contribution >= 0.6 is 11.8 Å². The summed E-state index contributed by atoms with van der Waals surface area (Å²) in [7, 11) is 1.67. The Bertz CT molecular complexity index is 1030. The van der Waals surface area contributed by atoms with E-state index in [-0.39, 0.29) is 24.3 Å². The van der Waals surface area contributed by atoms with Crippen LogP contribution in [-0.4, -0.2) is 17.2 Å². The van der Waals surface area contributed by atoms with Crippen LogP contribution in [-0.2, 0) is 12.4 Å². The van der Waals surface area contributed by atoms with Gasteiger partial charge in [0.25, 0.3) is 0 Å². The molecule has 31 heavy (non-hydrogen) atoms. The number of hydrogen-bond acceptors (Lipinski definition) is 4. The summed E-state index contributed by atoms with van der Waals surface area (Å²) in [5.74, 6) is 1.59. The Morgan fingerprint density at radius 1 is 0.935 bits per heavy atom. The Hall–Kier alpha value is -2.37. The molecule has 0 aliphatic carbocycles. The zero-order valence-corrected chi connectivity index (χ0v) is 19.6. The van der Waals surface area contributed by atoms with E-state index in [1.165, 1.54) is 12.1 Å². The van der Waals surface area contributed by atoms with E-state index in [4.69, 9.17) is 9.72 Å². The maximum Gasteiger partial charge on any atom is 0.132 e. The number of ether oxygens (including phenoxy) is 1. The van der Waals surface area contributed by atoms with Crippen LogP contribution in [0.5, 0.6) is 5.75 Å². The van der Waals surface area contributed by atoms with Crippen molar-refractivity contribution in [2.24, 2.45) is 0 Å². The van der Waals surface area contributed by atoms with Crippen LogP contribution in [0.25, 0.3) is 11.1 Å². The van der Waals surface area contributed by atoms with E-state index in [2.05, 4.69) is 27.7 Å². The number of pyridine rings is 1. The lowest BCUT2D eigenvalue weighted by molar-refractivity contribution is 0.279. The Morgan fingerprint density at radius 2 is 1.55 bits per heavy atom. The predicted octanol–water partition coefficient (Wildman–Crippen LogP) is 6.93. The predicted molar refractivity (Wildman–Crippen MR) is 126 cm³/mol. The molecule has 2 aromatic carbocycles. The van der Waals surface area contributed by atoms with Gasteiger partial charge in [0.15, 0.2) is 0 Å². The van der Waals surface area contributed by atoms with Gasteiger partial charge in [0.1, 0.15) is 11.6 Å². The Balaban J connectivity index is 2.22. The van der Waals surface area contributed by atoms with Crippen molar-refractivity contribution in [1.82, 2.24) is 4.98 Å². The van der Waals surface area contributed by atoms with Crippen molar-refractivity contribution < 1.29 is 14.2 Å². The molecule has 0 atom stereocenters. The molecule has 0 spiro atoms. The van der Waals surface area contributed by atoms with Gasteiger partial charge in [-0.3, -0.25) is 4.98 Å². The summed E-state index contributed by atoms with van der Waals surface area (Å²) in [6, 6.07) is 14.5. The molecule has 0 unspecified atom stereocenters. The summed E-state index contributed by atoms with van der Waals surface area (Å²) >= 11 is 1.68. The van der Waals surface area contributed by atoms with Crippen molar-refractivity contribution in [1.29, 1.82) is 0 Å². The number of nitrogens with zero attached hydrogens (tertiary/aromatic N) is 1. The average molecular weight is 440 g/mol. The van der Waals surface area contributed by atoms with Crippen molar-refractivity contribution in [2.75, 3.05) is 7.11 Å². The first kappa shape index (κ1) is 23.3. The molecule has 164 valence electrons. The smallest absolute Gasteiger partial charge is 0.132 e. The van der Waals surface area contributed by atoms with E-state index in [0.29, 0.717) is 5.75 Å². The van der Waals surface area contributed by atoms with Gasteiger partial charge in [0.05, 0.1) is 13.7 Å². The van der Waals surface area contributed by atoms with Crippen LogP contribution in [0.2, 0.25) is 0 Å². The first-order valence-corrected chi connectivity index (χ1v) is 11.5. The van der Waals surface area contributed by atoms with Crippen LogP contribution in [0.15, 0.2) is 53.4 Å². The number of halogens is 1. The third-order valence-corrected chi connectivity index (χ3v) is 6.37. The zero-order valence-electron chi connectivity index (χ0n) is 18.8. The minimum absolute atomic E-state index is 0.113. The number of benzene rings is 2. The molecule has 0 aliphatic rings. The number of aliphatic hydroxyl groups excluding tert-OH is 1. The molecule has 3 rings (SSSR count). The molecule has 1 N–H and O–H groups in total. The fourth-order valence-electron chi connectivity index (χ4n) is 3.82. The topological polar surface area (TPSA) is 42.4 Å². The number of rotatable bonds is 8. The maximum absolute atomic E-state index is 13.7. The summed E-state index contributed by atoms with van der Waals surface area (Å²) in [6.45, 7) is 8.33. The standard InChI is InChI=1S/C26H30FNO2S/c1-16(2)25-20(14-29)24(18-10-12-19(27)13-11-18)21(26(28-25)17(3)4)15-31-23-9-7-6-8-22(23)30-5/h6-13,16-17,29H,14-15H2,1-5H3. The lowest BCUT2D eigenvalue weighted by Crippen LogP contribution is -2.12. The number of aromatic nitrogens is 1. The summed E-state index contributed by atoms with van der Waals surface area (Å²) < 4.78 is 19.2. The highest BCUT2D eigenvalue weighted by Gasteiger charge is 2.23. The summed E-state index contributed by atoms with van der Waals surface area (Å²) in [6.07, 6.45) is 0. The fraction of sp³-hybridized carbons (Fsp3) is 0.346. The number of hydrogen-bond donors (Lipinski definition) is 1. The summed E-state index contributed by atoms with van der Waals surface area (Å²) in [5, 5.41) is 10.3. The van der Waals surface area contributed by atoms with Crippen LogP contribution in [0.1, 0.15) is 62.0 Å². The second-order valence-electron chi connectivity index (χ2n) is 8.13. The lowest BCUT2D eigenvalue weighted by Gasteiger charge is -2.24. The largest absolute Gasteiger partial charge is 0.496 e. The molecule has 5 heteroatoms. The second-order valence-corrected chi connectivity index (χ2v) is 9.15. The Labute approximate surface area is 188 Å². The van der Waals surface area contributed by atoms with E-state index in [1.54, 1.807) is 31.0 Å². The van der Waals surface area contributed by atoms with Gasteiger partial charge in [0, 0.05) is 27.6 Å². The maximum atomic E-state index is 13.7. The monoisotopic (exact) mass is 439 g/mol. The molecule has 0 radical (unpaired) electrons. The zero-order chi connectivity index (χ0) is 22.5. The second kappa shape index (κ2) is 10.3. The molecular formula is C26H30FNO2S. The SMILES string of the molecule is COc1ccccc1SCc1c(C(C)C)nc(C(C)C)c(CO)c1-c1ccc(F)cc1. The van der Waals surface area contributed by atoms with Gasteiger partial charge in [-0.15, -0.1) is 11.8 Å². The highest BCUT2D eigenvalue weighted by Crippen LogP contribution is 2.40. The minimum atomic E-state index is -0.276. The van der Waals surface area contributed by atoms with Crippen molar-refractivity contribution in [3.05, 3.63) is 76.9 Å². The van der Waals surface area contributed by atoms with Crippen molar-refractivity contribution in [3.63, 3.8) is 0 Å². The first-order chi connectivity index (χ1) is 14.9. The van der Waals surface area contributed by atoms with E-state index in [0.717, 1.165) is 44.3 Å². The molecule has 3 aromatic rings. The minimum Gasteiger partial charge on any atom is -0.496 e. The van der Waals surface area contributed by atoms with E-state index < -0.39 is 0 Å². The van der Waals surface area contributed by atoms with Gasteiger partial charge in [-0.25, -0.2) is 4.39 Å². The molecule has 0 saturated heterocycles. The third kappa shape index (κ3) is 5.10. The van der Waals surface area contributed by atoms with Crippen molar-refractivity contribution >= 4 is 11.8 Å². The molecule has 0 aliphatic heterocycles. The molecule has 1 heterocycles. The van der Waals surface area contributed by atoms with E-state index in [1.807, 2.05) is 24.3 Å². The van der Waals surface area contributed by atoms with Crippen LogP contribution in [0.4, 0.5) is 4.39 Å². The van der Waals surface area contributed by atoms with Crippen molar-refractivity contribution in [3.8, 4) is 16.9 Å². The fourth-order valence-corrected chi connectivity index (χ4v) is 4.88. The molecule has 0 saturated carbocycles. The van der Waals surface area contributed by atoms with Gasteiger partial charge < -0.3 is 9.84 Å². The van der Waals surface area contributed by atoms with Crippen LogP contribution in [0.3, 0.4) is 0 Å². The Kier molecular flexibility index (Phi) is 7.74. The number of thioether (sulfide) groups is 1. The van der Waals surface area contributed by atoms with Crippen molar-refractivity contribution in [2.45, 2.75) is 56.8 Å². The molecular weight excluding hydrogens is 409 g/mol. The lowest BCUT2D eigenvalue weighted by atomic mass is 9.88. The van der Waals surface area contributed by atoms with E-state index in [9.17, 15) is 9.50 Å². The third-order valence-electron chi connectivity index (χ3n) is 5.29. The number of methoxy groups -OCH3 is 1. The van der Waals surface area contributed by atoms with Gasteiger partial charge in [-0.1, -0.05) is 52.0 Å². The number of para-hydroxylation sites is 1. The quantitative estimate of drug-likeness (QED) is 0.387.